The largest absolute Gasteiger partial charge is 0.367 e. The fraction of sp³-hybridized carbons (Fsp3) is 0.625. The highest BCUT2D eigenvalue weighted by Gasteiger charge is 2.06. The van der Waals surface area contributed by atoms with Crippen molar-refractivity contribution < 1.29 is 18.0 Å². The summed E-state index contributed by atoms with van der Waals surface area (Å²) in [6.07, 6.45) is -2.45. The van der Waals surface area contributed by atoms with Crippen molar-refractivity contribution in [2.75, 3.05) is 13.7 Å². The molecular weight excluding hydrogens is 194 g/mol. The minimum absolute atomic E-state index is 0.0288. The average Bonchev–Trinajstić information content (AvgIpc) is 2.53. The Hall–Kier alpha value is -1.01. The molecule has 0 aliphatic carbocycles. The van der Waals surface area contributed by atoms with Crippen LogP contribution < -0.4 is 5.32 Å². The van der Waals surface area contributed by atoms with E-state index in [1.807, 2.05) is 0 Å². The minimum Gasteiger partial charge on any atom is -0.367 e. The molecule has 0 fully saturated rings. The Morgan fingerprint density at radius 1 is 1.64 bits per heavy atom. The third-order valence-corrected chi connectivity index (χ3v) is 1.45. The van der Waals surface area contributed by atoms with E-state index >= 15 is 0 Å². The Morgan fingerprint density at radius 3 is 3.07 bits per heavy atom. The van der Waals surface area contributed by atoms with Crippen LogP contribution in [0.3, 0.4) is 0 Å². The summed E-state index contributed by atoms with van der Waals surface area (Å²) in [5.74, 6) is 0.455. The molecule has 0 radical (unpaired) electrons. The van der Waals surface area contributed by atoms with Crippen molar-refractivity contribution in [2.45, 2.75) is 19.6 Å². The van der Waals surface area contributed by atoms with Gasteiger partial charge >= 0.3 is 0 Å². The maximum Gasteiger partial charge on any atom is 0.261 e. The molecule has 0 aliphatic rings. The molecule has 1 N–H and O–H groups in total. The number of nitrogens with zero attached hydrogens (tertiary/aromatic N) is 1. The molecule has 1 heterocycles. The van der Waals surface area contributed by atoms with Crippen molar-refractivity contribution in [3.63, 3.8) is 0 Å². The van der Waals surface area contributed by atoms with E-state index in [4.69, 9.17) is 4.52 Å². The zero-order valence-corrected chi connectivity index (χ0v) is 7.80. The first-order valence-electron chi connectivity index (χ1n) is 4.17. The number of ether oxygens (including phenoxy) is 1. The van der Waals surface area contributed by atoms with Crippen LogP contribution in [0, 0.1) is 0 Å². The Balaban J connectivity index is 2.28. The van der Waals surface area contributed by atoms with Crippen molar-refractivity contribution in [1.82, 2.24) is 10.5 Å². The maximum atomic E-state index is 11.7. The number of rotatable bonds is 6. The lowest BCUT2D eigenvalue weighted by atomic mass is 10.4. The summed E-state index contributed by atoms with van der Waals surface area (Å²) >= 11 is 0. The van der Waals surface area contributed by atoms with Gasteiger partial charge in [0, 0.05) is 12.6 Å². The van der Waals surface area contributed by atoms with E-state index in [0.717, 1.165) is 5.69 Å². The predicted molar refractivity (Wildman–Crippen MR) is 44.9 cm³/mol. The van der Waals surface area contributed by atoms with Gasteiger partial charge in [-0.15, -0.1) is 0 Å². The Kier molecular flexibility index (Phi) is 4.48. The third-order valence-electron chi connectivity index (χ3n) is 1.45. The second-order valence-electron chi connectivity index (χ2n) is 2.72. The molecule has 1 aromatic rings. The number of alkyl halides is 2. The van der Waals surface area contributed by atoms with Crippen LogP contribution in [0.5, 0.6) is 0 Å². The number of hydrogen-bond acceptors (Lipinski definition) is 4. The normalized spacial score (nSPS) is 11.1. The fourth-order valence-corrected chi connectivity index (χ4v) is 0.937. The second kappa shape index (κ2) is 5.66. The summed E-state index contributed by atoms with van der Waals surface area (Å²) in [5, 5.41) is 6.59. The van der Waals surface area contributed by atoms with Crippen LogP contribution >= 0.6 is 0 Å². The molecule has 0 spiro atoms. The molecule has 14 heavy (non-hydrogen) atoms. The van der Waals surface area contributed by atoms with E-state index in [-0.39, 0.29) is 6.61 Å². The van der Waals surface area contributed by atoms with E-state index < -0.39 is 13.0 Å². The second-order valence-corrected chi connectivity index (χ2v) is 2.72. The molecule has 0 unspecified atom stereocenters. The van der Waals surface area contributed by atoms with Crippen LogP contribution in [0.4, 0.5) is 8.78 Å². The first-order chi connectivity index (χ1) is 6.72. The lowest BCUT2D eigenvalue weighted by molar-refractivity contribution is 0.00311. The van der Waals surface area contributed by atoms with Gasteiger partial charge in [0.15, 0.2) is 5.76 Å². The fourth-order valence-electron chi connectivity index (χ4n) is 0.937. The van der Waals surface area contributed by atoms with Gasteiger partial charge < -0.3 is 14.6 Å². The summed E-state index contributed by atoms with van der Waals surface area (Å²) in [6, 6.07) is 1.67. The molecule has 0 saturated heterocycles. The maximum absolute atomic E-state index is 11.7. The number of halogens is 2. The van der Waals surface area contributed by atoms with Crippen molar-refractivity contribution >= 4 is 0 Å². The molecule has 0 atom stereocenters. The standard InChI is InChI=1S/C8H12F2N2O2/c1-11-3-6-2-7(14-12-6)4-13-5-8(9)10/h2,8,11H,3-5H2,1H3. The first-order valence-corrected chi connectivity index (χ1v) is 4.17. The van der Waals surface area contributed by atoms with Crippen molar-refractivity contribution in [2.24, 2.45) is 0 Å². The molecule has 80 valence electrons. The summed E-state index contributed by atoms with van der Waals surface area (Å²) in [4.78, 5) is 0. The van der Waals surface area contributed by atoms with Gasteiger partial charge in [-0.1, -0.05) is 5.16 Å². The van der Waals surface area contributed by atoms with Crippen LogP contribution in [0.2, 0.25) is 0 Å². The molecule has 4 nitrogen and oxygen atoms in total. The van der Waals surface area contributed by atoms with Crippen LogP contribution in [-0.4, -0.2) is 25.2 Å². The smallest absolute Gasteiger partial charge is 0.261 e. The zero-order valence-electron chi connectivity index (χ0n) is 7.80. The van der Waals surface area contributed by atoms with Crippen LogP contribution in [0.1, 0.15) is 11.5 Å². The van der Waals surface area contributed by atoms with Crippen LogP contribution in [0.15, 0.2) is 10.6 Å². The quantitative estimate of drug-likeness (QED) is 0.759. The van der Waals surface area contributed by atoms with E-state index in [1.54, 1.807) is 13.1 Å². The van der Waals surface area contributed by atoms with E-state index in [9.17, 15) is 8.78 Å². The van der Waals surface area contributed by atoms with Gasteiger partial charge in [-0.25, -0.2) is 8.78 Å². The van der Waals surface area contributed by atoms with E-state index in [1.165, 1.54) is 0 Å². The lowest BCUT2D eigenvalue weighted by Gasteiger charge is -1.98. The van der Waals surface area contributed by atoms with Gasteiger partial charge in [0.2, 0.25) is 0 Å². The molecular formula is C8H12F2N2O2. The van der Waals surface area contributed by atoms with Gasteiger partial charge in [0.25, 0.3) is 6.43 Å². The van der Waals surface area contributed by atoms with Crippen molar-refractivity contribution in [1.29, 1.82) is 0 Å². The highest BCUT2D eigenvalue weighted by molar-refractivity contribution is 5.03. The van der Waals surface area contributed by atoms with E-state index in [2.05, 4.69) is 15.2 Å². The summed E-state index contributed by atoms with van der Waals surface area (Å²) in [5.41, 5.74) is 0.725. The highest BCUT2D eigenvalue weighted by Crippen LogP contribution is 2.05. The Labute approximate surface area is 80.2 Å². The zero-order chi connectivity index (χ0) is 10.4. The van der Waals surface area contributed by atoms with Gasteiger partial charge in [-0.2, -0.15) is 0 Å². The molecule has 1 rings (SSSR count). The first kappa shape index (κ1) is 11.1. The number of nitrogens with one attached hydrogen (secondary N) is 1. The molecule has 6 heteroatoms. The number of hydrogen-bond donors (Lipinski definition) is 1. The third kappa shape index (κ3) is 3.80. The van der Waals surface area contributed by atoms with Gasteiger partial charge in [0.05, 0.1) is 5.69 Å². The summed E-state index contributed by atoms with van der Waals surface area (Å²) < 4.78 is 32.9. The average molecular weight is 206 g/mol. The number of aromatic nitrogens is 1. The van der Waals surface area contributed by atoms with Crippen LogP contribution in [-0.2, 0) is 17.9 Å². The minimum atomic E-state index is -2.45. The molecule has 0 bridgehead atoms. The highest BCUT2D eigenvalue weighted by atomic mass is 19.3. The SMILES string of the molecule is CNCc1cc(COCC(F)F)on1. The summed E-state index contributed by atoms with van der Waals surface area (Å²) in [7, 11) is 1.78. The molecule has 0 saturated carbocycles. The monoisotopic (exact) mass is 206 g/mol. The van der Waals surface area contributed by atoms with Crippen molar-refractivity contribution in [3.05, 3.63) is 17.5 Å². The molecule has 1 aromatic heterocycles. The summed E-state index contributed by atoms with van der Waals surface area (Å²) in [6.45, 7) is 0.0292. The van der Waals surface area contributed by atoms with Crippen molar-refractivity contribution in [3.8, 4) is 0 Å². The Morgan fingerprint density at radius 2 is 2.43 bits per heavy atom. The molecule has 0 aromatic carbocycles. The lowest BCUT2D eigenvalue weighted by Crippen LogP contribution is -2.05. The topological polar surface area (TPSA) is 47.3 Å². The van der Waals surface area contributed by atoms with E-state index in [0.29, 0.717) is 12.3 Å². The van der Waals surface area contributed by atoms with Gasteiger partial charge in [-0.05, 0) is 7.05 Å². The molecule has 0 amide bonds. The molecule has 0 aliphatic heterocycles. The van der Waals surface area contributed by atoms with Gasteiger partial charge in [0.1, 0.15) is 13.2 Å². The van der Waals surface area contributed by atoms with Gasteiger partial charge in [-0.3, -0.25) is 0 Å². The predicted octanol–water partition coefficient (Wildman–Crippen LogP) is 1.18. The van der Waals surface area contributed by atoms with Crippen LogP contribution in [0.25, 0.3) is 0 Å². The Bertz CT molecular complexity index is 266.